The summed E-state index contributed by atoms with van der Waals surface area (Å²) in [6.45, 7) is 18.6. The number of hydrogen-bond acceptors (Lipinski definition) is 0. The number of nitrogens with zero attached hydrogens (tertiary/aromatic N) is 1. The molecule has 0 aromatic carbocycles. The van der Waals surface area contributed by atoms with Crippen LogP contribution in [0.4, 0.5) is 0 Å². The van der Waals surface area contributed by atoms with Crippen molar-refractivity contribution in [3.05, 3.63) is 5.92 Å². The zero-order valence-electron chi connectivity index (χ0n) is 14.8. The summed E-state index contributed by atoms with van der Waals surface area (Å²) in [6, 6.07) is 0. The van der Waals surface area contributed by atoms with Gasteiger partial charge in [-0.3, -0.25) is 0 Å². The molecule has 1 aliphatic heterocycles. The van der Waals surface area contributed by atoms with E-state index in [4.69, 9.17) is 0 Å². The van der Waals surface area contributed by atoms with Gasteiger partial charge in [-0.2, -0.15) is 6.42 Å². The van der Waals surface area contributed by atoms with Crippen molar-refractivity contribution in [1.82, 2.24) is 0 Å². The summed E-state index contributed by atoms with van der Waals surface area (Å²) in [5, 5.41) is 0. The van der Waals surface area contributed by atoms with Crippen LogP contribution in [-0.4, -0.2) is 29.7 Å². The second kappa shape index (κ2) is 8.86. The van der Waals surface area contributed by atoms with Gasteiger partial charge in [0.25, 0.3) is 0 Å². The standard InChI is InChI=1S/C18H37N.V/c1-7-10-13-19(14-11-16(4)5)15-12-17(8-2)18(19,6)9-3;/h16H,7-15H2,1-6H3;. The molecule has 0 aromatic heterocycles. The van der Waals surface area contributed by atoms with Gasteiger partial charge in [0, 0.05) is 18.6 Å². The maximum Gasteiger partial charge on any atom is 0.0772 e. The Morgan fingerprint density at radius 1 is 1.15 bits per heavy atom. The minimum absolute atomic E-state index is 0. The van der Waals surface area contributed by atoms with Crippen LogP contribution in [0, 0.1) is 11.8 Å². The summed E-state index contributed by atoms with van der Waals surface area (Å²) in [7, 11) is 0. The maximum absolute atomic E-state index is 2.56. The first-order valence-electron chi connectivity index (χ1n) is 8.67. The predicted molar refractivity (Wildman–Crippen MR) is 86.1 cm³/mol. The summed E-state index contributed by atoms with van der Waals surface area (Å²) in [6.07, 6.45) is 8.10. The van der Waals surface area contributed by atoms with E-state index >= 15 is 0 Å². The summed E-state index contributed by atoms with van der Waals surface area (Å²) in [5.41, 5.74) is 0.457. The molecule has 1 heterocycles. The molecule has 1 rings (SSSR count). The van der Waals surface area contributed by atoms with Crippen LogP contribution >= 0.6 is 0 Å². The molecule has 0 N–H and O–H groups in total. The van der Waals surface area contributed by atoms with Crippen molar-refractivity contribution in [3.8, 4) is 0 Å². The van der Waals surface area contributed by atoms with Crippen molar-refractivity contribution < 1.29 is 23.0 Å². The minimum Gasteiger partial charge on any atom is -0.346 e. The van der Waals surface area contributed by atoms with E-state index in [9.17, 15) is 0 Å². The number of quaternary nitrogens is 1. The minimum atomic E-state index is 0. The molecule has 1 radical (unpaired) electrons. The Balaban J connectivity index is 0.00000361. The molecule has 1 nitrogen and oxygen atoms in total. The molecule has 1 aliphatic rings. The molecule has 1 saturated heterocycles. The van der Waals surface area contributed by atoms with Crippen LogP contribution in [0.5, 0.6) is 0 Å². The topological polar surface area (TPSA) is 0 Å². The van der Waals surface area contributed by atoms with Crippen molar-refractivity contribution in [1.29, 1.82) is 0 Å². The summed E-state index contributed by atoms with van der Waals surface area (Å²) in [5.74, 6) is 2.68. The molecule has 0 spiro atoms. The SMILES string of the molecule is CCCC[N+]1(CCC(C)C)CC[C-](CC)C1(C)CC.[V]. The first kappa shape index (κ1) is 20.5. The number of rotatable bonds is 8. The van der Waals surface area contributed by atoms with Gasteiger partial charge in [-0.15, -0.1) is 6.42 Å². The number of likely N-dealkylation sites (tertiary alicyclic amines) is 1. The zero-order valence-corrected chi connectivity index (χ0v) is 16.2. The Morgan fingerprint density at radius 2 is 1.80 bits per heavy atom. The van der Waals surface area contributed by atoms with Gasteiger partial charge in [-0.25, -0.2) is 5.92 Å². The van der Waals surface area contributed by atoms with Gasteiger partial charge in [-0.1, -0.05) is 41.0 Å². The van der Waals surface area contributed by atoms with Gasteiger partial charge in [0.15, 0.2) is 0 Å². The van der Waals surface area contributed by atoms with Gasteiger partial charge < -0.3 is 4.48 Å². The van der Waals surface area contributed by atoms with Crippen molar-refractivity contribution in [2.45, 2.75) is 85.6 Å². The predicted octanol–water partition coefficient (Wildman–Crippen LogP) is 5.20. The van der Waals surface area contributed by atoms with Gasteiger partial charge in [-0.05, 0) is 37.6 Å². The Morgan fingerprint density at radius 3 is 2.25 bits per heavy atom. The summed E-state index contributed by atoms with van der Waals surface area (Å²) >= 11 is 0. The molecule has 2 heteroatoms. The van der Waals surface area contributed by atoms with E-state index < -0.39 is 0 Å². The van der Waals surface area contributed by atoms with Crippen LogP contribution in [0.3, 0.4) is 0 Å². The van der Waals surface area contributed by atoms with Crippen molar-refractivity contribution in [3.63, 3.8) is 0 Å². The molecule has 0 bridgehead atoms. The Bertz CT molecular complexity index is 266. The van der Waals surface area contributed by atoms with E-state index in [1.807, 2.05) is 5.92 Å². The van der Waals surface area contributed by atoms with Crippen molar-refractivity contribution in [2.24, 2.45) is 5.92 Å². The van der Waals surface area contributed by atoms with Crippen LogP contribution in [0.25, 0.3) is 0 Å². The average molecular weight is 318 g/mol. The fourth-order valence-electron chi connectivity index (χ4n) is 4.14. The van der Waals surface area contributed by atoms with Gasteiger partial charge in [0.2, 0.25) is 0 Å². The summed E-state index contributed by atoms with van der Waals surface area (Å²) < 4.78 is 1.39. The normalized spacial score (nSPS) is 30.8. The molecule has 0 amide bonds. The zero-order chi connectivity index (χ0) is 14.5. The fraction of sp³-hybridized carbons (Fsp3) is 0.944. The third kappa shape index (κ3) is 4.05. The van der Waals surface area contributed by atoms with Crippen LogP contribution in [0.2, 0.25) is 0 Å². The van der Waals surface area contributed by atoms with Crippen molar-refractivity contribution in [2.75, 3.05) is 19.6 Å². The Hall–Kier alpha value is 0.544. The van der Waals surface area contributed by atoms with Crippen molar-refractivity contribution >= 4 is 0 Å². The first-order valence-corrected chi connectivity index (χ1v) is 8.67. The largest absolute Gasteiger partial charge is 0.346 e. The van der Waals surface area contributed by atoms with Gasteiger partial charge in [0.1, 0.15) is 0 Å². The van der Waals surface area contributed by atoms with E-state index in [0.717, 1.165) is 5.92 Å². The van der Waals surface area contributed by atoms with E-state index in [0.29, 0.717) is 5.54 Å². The van der Waals surface area contributed by atoms with Gasteiger partial charge in [0.05, 0.1) is 19.6 Å². The van der Waals surface area contributed by atoms with Crippen LogP contribution < -0.4 is 0 Å². The average Bonchev–Trinajstić information content (AvgIpc) is 2.68. The maximum atomic E-state index is 2.56. The third-order valence-electron chi connectivity index (χ3n) is 5.84. The van der Waals surface area contributed by atoms with Gasteiger partial charge >= 0.3 is 0 Å². The molecule has 119 valence electrons. The molecule has 0 aromatic rings. The second-order valence-electron chi connectivity index (χ2n) is 7.19. The Labute approximate surface area is 140 Å². The van der Waals surface area contributed by atoms with E-state index in [1.54, 1.807) is 0 Å². The van der Waals surface area contributed by atoms with Crippen LogP contribution in [0.1, 0.15) is 80.1 Å². The molecule has 0 aliphatic carbocycles. The smallest absolute Gasteiger partial charge is 0.0772 e. The number of unbranched alkanes of at least 4 members (excludes halogenated alkanes) is 1. The number of hydrogen-bond donors (Lipinski definition) is 0. The molecular formula is C18H37NV. The van der Waals surface area contributed by atoms with E-state index in [1.165, 1.54) is 62.6 Å². The molecular weight excluding hydrogens is 281 g/mol. The first-order chi connectivity index (χ1) is 8.95. The van der Waals surface area contributed by atoms with E-state index in [2.05, 4.69) is 41.5 Å². The summed E-state index contributed by atoms with van der Waals surface area (Å²) in [4.78, 5) is 0. The second-order valence-corrected chi connectivity index (χ2v) is 7.19. The van der Waals surface area contributed by atoms with Crippen LogP contribution in [-0.2, 0) is 18.6 Å². The van der Waals surface area contributed by atoms with E-state index in [-0.39, 0.29) is 18.6 Å². The molecule has 1 fully saturated rings. The molecule has 20 heavy (non-hydrogen) atoms. The fourth-order valence-corrected chi connectivity index (χ4v) is 4.14. The molecule has 2 unspecified atom stereocenters. The molecule has 0 saturated carbocycles. The Kier molecular flexibility index (Phi) is 9.10. The quantitative estimate of drug-likeness (QED) is 0.426. The molecule has 2 atom stereocenters. The van der Waals surface area contributed by atoms with Crippen LogP contribution in [0.15, 0.2) is 0 Å². The monoisotopic (exact) mass is 318 g/mol. The third-order valence-corrected chi connectivity index (χ3v) is 5.84.